The maximum Gasteiger partial charge on any atom is 0.0732 e. The van der Waals surface area contributed by atoms with Crippen LogP contribution < -0.4 is 0 Å². The molecule has 0 bridgehead atoms. The molecule has 128 valence electrons. The lowest BCUT2D eigenvalue weighted by Crippen LogP contribution is -2.62. The van der Waals surface area contributed by atoms with Gasteiger partial charge in [-0.05, 0) is 68.1 Å². The lowest BCUT2D eigenvalue weighted by Gasteiger charge is -2.63. The Kier molecular flexibility index (Phi) is 5.14. The van der Waals surface area contributed by atoms with Gasteiger partial charge < -0.3 is 10.2 Å². The third-order valence-corrected chi connectivity index (χ3v) is 7.26. The number of allylic oxidation sites excluding steroid dienone is 1. The Labute approximate surface area is 137 Å². The number of hydrogen-bond acceptors (Lipinski definition) is 2. The number of rotatable bonds is 4. The van der Waals surface area contributed by atoms with E-state index in [4.69, 9.17) is 5.11 Å². The molecule has 0 heterocycles. The highest BCUT2D eigenvalue weighted by Gasteiger charge is 2.60. The topological polar surface area (TPSA) is 40.5 Å². The molecule has 2 heteroatoms. The summed E-state index contributed by atoms with van der Waals surface area (Å²) in [6, 6.07) is 0. The number of aliphatic hydroxyl groups is 2. The van der Waals surface area contributed by atoms with Crippen LogP contribution in [0.25, 0.3) is 0 Å². The van der Waals surface area contributed by atoms with Gasteiger partial charge in [0.25, 0.3) is 0 Å². The molecule has 2 nitrogen and oxygen atoms in total. The minimum absolute atomic E-state index is 0.0336. The molecule has 2 saturated carbocycles. The van der Waals surface area contributed by atoms with E-state index in [9.17, 15) is 5.11 Å². The molecule has 2 aliphatic rings. The lowest BCUT2D eigenvalue weighted by molar-refractivity contribution is -0.211. The van der Waals surface area contributed by atoms with Crippen molar-refractivity contribution < 1.29 is 10.2 Å². The summed E-state index contributed by atoms with van der Waals surface area (Å²) in [6.45, 7) is 11.6. The second-order valence-electron chi connectivity index (χ2n) is 8.95. The first-order valence-electron chi connectivity index (χ1n) is 9.16. The summed E-state index contributed by atoms with van der Waals surface area (Å²) >= 11 is 0. The molecule has 0 spiro atoms. The molecule has 2 N–H and O–H groups in total. The number of hydrogen-bond donors (Lipinski definition) is 2. The SMILES string of the molecule is C/C(=C\CO)CC[C@@]1(O)[C@H](C)CC[C@H]2C(C)(C)CCC[C@@]21C. The third kappa shape index (κ3) is 2.89. The number of aliphatic hydroxyl groups excluding tert-OH is 1. The van der Waals surface area contributed by atoms with E-state index in [1.807, 2.05) is 6.08 Å². The van der Waals surface area contributed by atoms with Gasteiger partial charge in [0, 0.05) is 0 Å². The van der Waals surface area contributed by atoms with Crippen molar-refractivity contribution in [1.29, 1.82) is 0 Å². The standard InChI is InChI=1S/C20H36O2/c1-15(10-14-21)9-13-20(22)16(2)7-8-17-18(3,4)11-6-12-19(17,20)5/h10,16-17,21-22H,6-9,11-14H2,1-5H3/b15-10+/t16-,17+,19+,20-/m1/s1. The second kappa shape index (κ2) is 6.28. The van der Waals surface area contributed by atoms with Crippen molar-refractivity contribution in [3.05, 3.63) is 11.6 Å². The molecule has 0 aromatic rings. The van der Waals surface area contributed by atoms with Crippen LogP contribution >= 0.6 is 0 Å². The summed E-state index contributed by atoms with van der Waals surface area (Å²) in [6.07, 6.45) is 9.69. The van der Waals surface area contributed by atoms with Crippen molar-refractivity contribution in [3.8, 4) is 0 Å². The Morgan fingerprint density at radius 2 is 1.86 bits per heavy atom. The molecule has 4 atom stereocenters. The second-order valence-corrected chi connectivity index (χ2v) is 8.95. The highest BCUT2D eigenvalue weighted by atomic mass is 16.3. The molecule has 0 radical (unpaired) electrons. The van der Waals surface area contributed by atoms with E-state index < -0.39 is 5.60 Å². The van der Waals surface area contributed by atoms with Crippen molar-refractivity contribution in [2.24, 2.45) is 22.7 Å². The summed E-state index contributed by atoms with van der Waals surface area (Å²) < 4.78 is 0. The normalized spacial score (nSPS) is 42.0. The molecule has 2 rings (SSSR count). The first kappa shape index (κ1) is 18.0. The number of fused-ring (bicyclic) bond motifs is 1. The predicted octanol–water partition coefficient (Wildman–Crippen LogP) is 4.70. The molecule has 0 saturated heterocycles. The average molecular weight is 309 g/mol. The van der Waals surface area contributed by atoms with E-state index in [-0.39, 0.29) is 12.0 Å². The van der Waals surface area contributed by atoms with Crippen LogP contribution in [0.4, 0.5) is 0 Å². The summed E-state index contributed by atoms with van der Waals surface area (Å²) in [5.41, 5.74) is 1.00. The van der Waals surface area contributed by atoms with E-state index >= 15 is 0 Å². The smallest absolute Gasteiger partial charge is 0.0732 e. The average Bonchev–Trinajstić information content (AvgIpc) is 2.42. The van der Waals surface area contributed by atoms with Crippen molar-refractivity contribution in [2.45, 2.75) is 85.2 Å². The quantitative estimate of drug-likeness (QED) is 0.739. The molecular weight excluding hydrogens is 272 g/mol. The molecule has 0 unspecified atom stereocenters. The zero-order valence-corrected chi connectivity index (χ0v) is 15.3. The van der Waals surface area contributed by atoms with Crippen LogP contribution in [0.5, 0.6) is 0 Å². The van der Waals surface area contributed by atoms with Crippen LogP contribution in [0.2, 0.25) is 0 Å². The highest BCUT2D eigenvalue weighted by molar-refractivity contribution is 5.12. The fraction of sp³-hybridized carbons (Fsp3) is 0.900. The summed E-state index contributed by atoms with van der Waals surface area (Å²) in [7, 11) is 0. The van der Waals surface area contributed by atoms with Gasteiger partial charge in [-0.2, -0.15) is 0 Å². The molecule has 0 aromatic carbocycles. The largest absolute Gasteiger partial charge is 0.392 e. The van der Waals surface area contributed by atoms with Gasteiger partial charge in [0.2, 0.25) is 0 Å². The maximum atomic E-state index is 11.8. The molecule has 0 amide bonds. The van der Waals surface area contributed by atoms with Crippen LogP contribution in [0.1, 0.15) is 79.6 Å². The van der Waals surface area contributed by atoms with Crippen LogP contribution in [0.3, 0.4) is 0 Å². The van der Waals surface area contributed by atoms with Crippen LogP contribution in [0, 0.1) is 22.7 Å². The van der Waals surface area contributed by atoms with Gasteiger partial charge in [-0.15, -0.1) is 0 Å². The Hall–Kier alpha value is -0.340. The van der Waals surface area contributed by atoms with Gasteiger partial charge >= 0.3 is 0 Å². The molecule has 2 fully saturated rings. The fourth-order valence-corrected chi connectivity index (χ4v) is 5.75. The van der Waals surface area contributed by atoms with Gasteiger partial charge in [-0.3, -0.25) is 0 Å². The van der Waals surface area contributed by atoms with E-state index in [2.05, 4.69) is 34.6 Å². The first-order chi connectivity index (χ1) is 10.2. The van der Waals surface area contributed by atoms with E-state index in [0.29, 0.717) is 17.3 Å². The zero-order valence-electron chi connectivity index (χ0n) is 15.3. The minimum atomic E-state index is -0.571. The van der Waals surface area contributed by atoms with Gasteiger partial charge in [0.05, 0.1) is 12.2 Å². The minimum Gasteiger partial charge on any atom is -0.392 e. The highest BCUT2D eigenvalue weighted by Crippen LogP contribution is 2.63. The van der Waals surface area contributed by atoms with Crippen molar-refractivity contribution >= 4 is 0 Å². The van der Waals surface area contributed by atoms with E-state index in [0.717, 1.165) is 25.7 Å². The van der Waals surface area contributed by atoms with Gasteiger partial charge in [0.1, 0.15) is 0 Å². The van der Waals surface area contributed by atoms with Crippen LogP contribution in [-0.4, -0.2) is 22.4 Å². The molecular formula is C20H36O2. The first-order valence-corrected chi connectivity index (χ1v) is 9.16. The van der Waals surface area contributed by atoms with E-state index in [1.165, 1.54) is 24.8 Å². The maximum absolute atomic E-state index is 11.8. The molecule has 0 aromatic heterocycles. The van der Waals surface area contributed by atoms with Crippen molar-refractivity contribution in [2.75, 3.05) is 6.61 Å². The molecule has 0 aliphatic heterocycles. The summed E-state index contributed by atoms with van der Waals surface area (Å²) in [5.74, 6) is 0.988. The molecule has 22 heavy (non-hydrogen) atoms. The van der Waals surface area contributed by atoms with E-state index in [1.54, 1.807) is 0 Å². The van der Waals surface area contributed by atoms with Crippen molar-refractivity contribution in [1.82, 2.24) is 0 Å². The lowest BCUT2D eigenvalue weighted by atomic mass is 9.44. The fourth-order valence-electron chi connectivity index (χ4n) is 5.75. The predicted molar refractivity (Wildman–Crippen MR) is 92.7 cm³/mol. The Morgan fingerprint density at radius 1 is 1.18 bits per heavy atom. The van der Waals surface area contributed by atoms with Crippen LogP contribution in [-0.2, 0) is 0 Å². The third-order valence-electron chi connectivity index (χ3n) is 7.26. The van der Waals surface area contributed by atoms with Gasteiger partial charge in [0.15, 0.2) is 0 Å². The van der Waals surface area contributed by atoms with Crippen LogP contribution in [0.15, 0.2) is 11.6 Å². The monoisotopic (exact) mass is 308 g/mol. The molecule has 2 aliphatic carbocycles. The van der Waals surface area contributed by atoms with Crippen molar-refractivity contribution in [3.63, 3.8) is 0 Å². The summed E-state index contributed by atoms with van der Waals surface area (Å²) in [4.78, 5) is 0. The zero-order chi connectivity index (χ0) is 16.6. The van der Waals surface area contributed by atoms with Gasteiger partial charge in [-0.25, -0.2) is 0 Å². The summed E-state index contributed by atoms with van der Waals surface area (Å²) in [5, 5.41) is 20.8. The Morgan fingerprint density at radius 3 is 2.50 bits per heavy atom. The van der Waals surface area contributed by atoms with Gasteiger partial charge in [-0.1, -0.05) is 45.8 Å². The Bertz CT molecular complexity index is 425. The Balaban J connectivity index is 2.28.